The van der Waals surface area contributed by atoms with Crippen molar-refractivity contribution >= 4 is 37.4 Å². The van der Waals surface area contributed by atoms with Crippen LogP contribution in [0.25, 0.3) is 10.1 Å². The largest absolute Gasteiger partial charge is 0.206 e. The van der Waals surface area contributed by atoms with Crippen LogP contribution in [-0.2, 0) is 5.33 Å². The maximum Gasteiger partial charge on any atom is 0.135 e. The first kappa shape index (κ1) is 8.20. The molecule has 62 valence electrons. The van der Waals surface area contributed by atoms with Crippen molar-refractivity contribution in [2.75, 3.05) is 0 Å². The van der Waals surface area contributed by atoms with Crippen LogP contribution in [0.5, 0.6) is 0 Å². The average molecular weight is 245 g/mol. The number of benzene rings is 1. The van der Waals surface area contributed by atoms with Crippen molar-refractivity contribution in [2.24, 2.45) is 0 Å². The second-order valence-electron chi connectivity index (χ2n) is 2.50. The zero-order valence-electron chi connectivity index (χ0n) is 6.18. The second kappa shape index (κ2) is 3.15. The van der Waals surface area contributed by atoms with Crippen molar-refractivity contribution in [3.05, 3.63) is 35.0 Å². The van der Waals surface area contributed by atoms with Gasteiger partial charge in [-0.15, -0.1) is 11.3 Å². The summed E-state index contributed by atoms with van der Waals surface area (Å²) in [5.74, 6) is -0.0920. The van der Waals surface area contributed by atoms with E-state index in [1.165, 1.54) is 0 Å². The highest BCUT2D eigenvalue weighted by atomic mass is 79.9. The molecule has 0 spiro atoms. The Kier molecular flexibility index (Phi) is 2.15. The summed E-state index contributed by atoms with van der Waals surface area (Å²) >= 11 is 4.81. The van der Waals surface area contributed by atoms with Crippen LogP contribution in [0.15, 0.2) is 23.6 Å². The van der Waals surface area contributed by atoms with Gasteiger partial charge in [-0.3, -0.25) is 0 Å². The molecule has 3 heteroatoms. The summed E-state index contributed by atoms with van der Waals surface area (Å²) in [6.07, 6.45) is 0. The summed E-state index contributed by atoms with van der Waals surface area (Å²) in [5, 5.41) is 3.22. The van der Waals surface area contributed by atoms with E-state index in [0.717, 1.165) is 15.6 Å². The molecule has 0 aliphatic carbocycles. The highest BCUT2D eigenvalue weighted by Crippen LogP contribution is 2.26. The Morgan fingerprint density at radius 2 is 2.17 bits per heavy atom. The number of alkyl halides is 1. The Morgan fingerprint density at radius 3 is 2.92 bits per heavy atom. The minimum absolute atomic E-state index is 0.0920. The molecule has 12 heavy (non-hydrogen) atoms. The highest BCUT2D eigenvalue weighted by Gasteiger charge is 2.05. The van der Waals surface area contributed by atoms with E-state index in [-0.39, 0.29) is 5.82 Å². The van der Waals surface area contributed by atoms with Crippen molar-refractivity contribution in [1.29, 1.82) is 0 Å². The van der Waals surface area contributed by atoms with E-state index >= 15 is 0 Å². The van der Waals surface area contributed by atoms with Crippen LogP contribution in [0.1, 0.15) is 5.56 Å². The highest BCUT2D eigenvalue weighted by molar-refractivity contribution is 9.08. The molecule has 0 bridgehead atoms. The topological polar surface area (TPSA) is 0 Å². The van der Waals surface area contributed by atoms with Crippen LogP contribution >= 0.6 is 27.3 Å². The van der Waals surface area contributed by atoms with Gasteiger partial charge in [0.25, 0.3) is 0 Å². The van der Waals surface area contributed by atoms with E-state index in [1.807, 2.05) is 23.6 Å². The molecule has 1 aromatic carbocycles. The van der Waals surface area contributed by atoms with Gasteiger partial charge in [-0.05, 0) is 23.1 Å². The van der Waals surface area contributed by atoms with Gasteiger partial charge in [0, 0.05) is 15.4 Å². The van der Waals surface area contributed by atoms with E-state index in [1.54, 1.807) is 11.3 Å². The molecule has 0 nitrogen and oxygen atoms in total. The molecule has 1 heterocycles. The van der Waals surface area contributed by atoms with Crippen LogP contribution in [0, 0.1) is 5.82 Å². The Hall–Kier alpha value is -0.410. The predicted molar refractivity (Wildman–Crippen MR) is 54.4 cm³/mol. The third-order valence-corrected chi connectivity index (χ3v) is 3.28. The van der Waals surface area contributed by atoms with E-state index < -0.39 is 0 Å². The average Bonchev–Trinajstić information content (AvgIpc) is 2.53. The number of hydrogen-bond donors (Lipinski definition) is 0. The van der Waals surface area contributed by atoms with Crippen molar-refractivity contribution in [1.82, 2.24) is 0 Å². The van der Waals surface area contributed by atoms with Gasteiger partial charge in [0.15, 0.2) is 0 Å². The molecule has 0 fully saturated rings. The van der Waals surface area contributed by atoms with Crippen LogP contribution in [0.2, 0.25) is 0 Å². The lowest BCUT2D eigenvalue weighted by atomic mass is 10.2. The first-order chi connectivity index (χ1) is 5.83. The van der Waals surface area contributed by atoms with Crippen LogP contribution in [0.3, 0.4) is 0 Å². The lowest BCUT2D eigenvalue weighted by molar-refractivity contribution is 0.630. The zero-order valence-corrected chi connectivity index (χ0v) is 8.58. The minimum Gasteiger partial charge on any atom is -0.206 e. The Bertz CT molecular complexity index is 408. The standard InChI is InChI=1S/C9H6BrFS/c10-5-6-1-2-8-7(9(6)11)3-4-12-8/h1-4H,5H2. The maximum atomic E-state index is 13.5. The summed E-state index contributed by atoms with van der Waals surface area (Å²) in [6, 6.07) is 5.60. The van der Waals surface area contributed by atoms with E-state index in [4.69, 9.17) is 0 Å². The minimum atomic E-state index is -0.0920. The normalized spacial score (nSPS) is 10.8. The number of hydrogen-bond acceptors (Lipinski definition) is 1. The molecule has 0 N–H and O–H groups in total. The van der Waals surface area contributed by atoms with Gasteiger partial charge in [0.2, 0.25) is 0 Å². The lowest BCUT2D eigenvalue weighted by Crippen LogP contribution is -1.84. The summed E-state index contributed by atoms with van der Waals surface area (Å²) in [6.45, 7) is 0. The van der Waals surface area contributed by atoms with Gasteiger partial charge >= 0.3 is 0 Å². The second-order valence-corrected chi connectivity index (χ2v) is 4.01. The fourth-order valence-corrected chi connectivity index (χ4v) is 2.37. The monoisotopic (exact) mass is 244 g/mol. The van der Waals surface area contributed by atoms with Gasteiger partial charge < -0.3 is 0 Å². The van der Waals surface area contributed by atoms with E-state index in [2.05, 4.69) is 15.9 Å². The molecule has 0 aliphatic rings. The fourth-order valence-electron chi connectivity index (χ4n) is 1.16. The molecule has 0 unspecified atom stereocenters. The van der Waals surface area contributed by atoms with Crippen LogP contribution in [-0.4, -0.2) is 0 Å². The fraction of sp³-hybridized carbons (Fsp3) is 0.111. The van der Waals surface area contributed by atoms with Gasteiger partial charge in [0.05, 0.1) is 0 Å². The van der Waals surface area contributed by atoms with Gasteiger partial charge in [-0.2, -0.15) is 0 Å². The molecule has 0 amide bonds. The number of halogens is 2. The smallest absolute Gasteiger partial charge is 0.135 e. The third kappa shape index (κ3) is 1.17. The quantitative estimate of drug-likeness (QED) is 0.667. The molecule has 0 saturated heterocycles. The molecule has 0 atom stereocenters. The molecular weight excluding hydrogens is 239 g/mol. The van der Waals surface area contributed by atoms with E-state index in [0.29, 0.717) is 5.33 Å². The first-order valence-electron chi connectivity index (χ1n) is 3.53. The molecule has 0 aliphatic heterocycles. The number of thiophene rings is 1. The van der Waals surface area contributed by atoms with E-state index in [9.17, 15) is 4.39 Å². The third-order valence-electron chi connectivity index (χ3n) is 1.79. The molecule has 0 radical (unpaired) electrons. The zero-order chi connectivity index (χ0) is 8.55. The first-order valence-corrected chi connectivity index (χ1v) is 5.53. The van der Waals surface area contributed by atoms with Crippen molar-refractivity contribution in [3.8, 4) is 0 Å². The Balaban J connectivity index is 2.78. The number of rotatable bonds is 1. The Morgan fingerprint density at radius 1 is 1.33 bits per heavy atom. The van der Waals surface area contributed by atoms with Crippen LogP contribution in [0.4, 0.5) is 4.39 Å². The Labute approximate surface area is 82.2 Å². The maximum absolute atomic E-state index is 13.5. The van der Waals surface area contributed by atoms with Crippen molar-refractivity contribution < 1.29 is 4.39 Å². The number of fused-ring (bicyclic) bond motifs is 1. The summed E-state index contributed by atoms with van der Waals surface area (Å²) in [4.78, 5) is 0. The lowest BCUT2D eigenvalue weighted by Gasteiger charge is -1.98. The SMILES string of the molecule is Fc1c(CBr)ccc2sccc12. The molecule has 2 aromatic rings. The summed E-state index contributed by atoms with van der Waals surface area (Å²) in [7, 11) is 0. The van der Waals surface area contributed by atoms with Gasteiger partial charge in [-0.25, -0.2) is 4.39 Å². The summed E-state index contributed by atoms with van der Waals surface area (Å²) < 4.78 is 14.5. The predicted octanol–water partition coefficient (Wildman–Crippen LogP) is 3.94. The van der Waals surface area contributed by atoms with Crippen molar-refractivity contribution in [2.45, 2.75) is 5.33 Å². The molecule has 2 rings (SSSR count). The molecule has 0 saturated carbocycles. The van der Waals surface area contributed by atoms with Gasteiger partial charge in [0.1, 0.15) is 5.82 Å². The summed E-state index contributed by atoms with van der Waals surface area (Å²) in [5.41, 5.74) is 0.723. The van der Waals surface area contributed by atoms with Gasteiger partial charge in [-0.1, -0.05) is 22.0 Å². The molecule has 1 aromatic heterocycles. The van der Waals surface area contributed by atoms with Crippen LogP contribution < -0.4 is 0 Å². The van der Waals surface area contributed by atoms with Crippen molar-refractivity contribution in [3.63, 3.8) is 0 Å². The molecular formula is C9H6BrFS.